The predicted octanol–water partition coefficient (Wildman–Crippen LogP) is 5.12. The summed E-state index contributed by atoms with van der Waals surface area (Å²) < 4.78 is 85.6. The molecule has 1 aliphatic heterocycles. The van der Waals surface area contributed by atoms with Crippen molar-refractivity contribution < 1.29 is 31.4 Å². The van der Waals surface area contributed by atoms with Gasteiger partial charge in [0.25, 0.3) is 0 Å². The second-order valence-electron chi connectivity index (χ2n) is 11.6. The van der Waals surface area contributed by atoms with Crippen molar-refractivity contribution in [2.45, 2.75) is 51.8 Å². The second-order valence-corrected chi connectivity index (χ2v) is 11.6. The summed E-state index contributed by atoms with van der Waals surface area (Å²) >= 11 is 0. The summed E-state index contributed by atoms with van der Waals surface area (Å²) in [5.74, 6) is -2.50. The van der Waals surface area contributed by atoms with Crippen molar-refractivity contribution in [1.29, 1.82) is 5.26 Å². The highest BCUT2D eigenvalue weighted by Gasteiger charge is 2.68. The summed E-state index contributed by atoms with van der Waals surface area (Å²) in [5, 5.41) is 15.7. The number of ether oxygens (including phenoxy) is 2. The van der Waals surface area contributed by atoms with Gasteiger partial charge in [-0.15, -0.1) is 0 Å². The first-order valence-corrected chi connectivity index (χ1v) is 13.6. The van der Waals surface area contributed by atoms with Gasteiger partial charge in [-0.3, -0.25) is 0 Å². The zero-order valence-corrected chi connectivity index (χ0v) is 22.9. The lowest BCUT2D eigenvalue weighted by Crippen LogP contribution is -2.63. The molecule has 222 valence electrons. The zero-order valence-electron chi connectivity index (χ0n) is 22.9. The van der Waals surface area contributed by atoms with E-state index in [1.807, 2.05) is 0 Å². The maximum Gasteiger partial charge on any atom is 0.417 e. The Hall–Kier alpha value is -3.99. The van der Waals surface area contributed by atoms with Gasteiger partial charge in [0.2, 0.25) is 5.88 Å². The molecule has 4 N–H and O–H groups in total. The number of hydrogen-bond donors (Lipinski definition) is 3. The van der Waals surface area contributed by atoms with E-state index in [0.717, 1.165) is 13.0 Å². The Balaban J connectivity index is 1.54. The molecule has 42 heavy (non-hydrogen) atoms. The fraction of sp³-hybridized carbons (Fsp3) is 0.500. The lowest BCUT2D eigenvalue weighted by molar-refractivity contribution is -0.182. The molecule has 2 aromatic heterocycles. The fourth-order valence-electron chi connectivity index (χ4n) is 6.38. The van der Waals surface area contributed by atoms with Gasteiger partial charge >= 0.3 is 12.2 Å². The highest BCUT2D eigenvalue weighted by molar-refractivity contribution is 5.96. The Morgan fingerprint density at radius 2 is 1.88 bits per heavy atom. The van der Waals surface area contributed by atoms with Gasteiger partial charge in [-0.2, -0.15) is 28.4 Å². The SMILES string of the molecule is Cc1c(F)c(N)cc(-c2nc3c4c(nc(OCC56CC(C#N)(C5)C6)nc4c2F)NCCNCCC(C)O3)c1C(F)(F)F. The van der Waals surface area contributed by atoms with Crippen molar-refractivity contribution in [3.63, 3.8) is 0 Å². The van der Waals surface area contributed by atoms with Crippen LogP contribution in [0.15, 0.2) is 6.07 Å². The molecule has 2 bridgehead atoms. The third kappa shape index (κ3) is 4.59. The van der Waals surface area contributed by atoms with E-state index in [1.165, 1.54) is 0 Å². The Bertz CT molecular complexity index is 1620. The smallest absolute Gasteiger partial charge is 0.417 e. The molecule has 0 spiro atoms. The molecule has 0 radical (unpaired) electrons. The Kier molecular flexibility index (Phi) is 6.56. The predicted molar refractivity (Wildman–Crippen MR) is 143 cm³/mol. The standard InChI is InChI=1S/C28H28F5N7O2/c1-13-3-4-36-5-6-37-23-17-22(39-25(40-23)41-12-27-8-26(9-27,10-27)11-34)20(30)21(38-24(17)42-13)15-7-16(35)19(29)14(2)18(15)28(31,32)33/h7,13,36H,3-6,8-10,12,35H2,1-2H3,(H,37,39,40). The van der Waals surface area contributed by atoms with E-state index in [2.05, 4.69) is 31.7 Å². The molecule has 3 saturated carbocycles. The first-order chi connectivity index (χ1) is 19.9. The average Bonchev–Trinajstić information content (AvgIpc) is 2.91. The summed E-state index contributed by atoms with van der Waals surface area (Å²) in [7, 11) is 0. The Morgan fingerprint density at radius 3 is 2.57 bits per heavy atom. The monoisotopic (exact) mass is 589 g/mol. The highest BCUT2D eigenvalue weighted by Crippen LogP contribution is 2.72. The molecule has 1 aromatic carbocycles. The van der Waals surface area contributed by atoms with Crippen LogP contribution in [-0.2, 0) is 6.18 Å². The molecule has 3 aromatic rings. The number of nitrogens with one attached hydrogen (secondary N) is 2. The van der Waals surface area contributed by atoms with Crippen molar-refractivity contribution >= 4 is 22.4 Å². The molecule has 9 nitrogen and oxygen atoms in total. The van der Waals surface area contributed by atoms with E-state index in [4.69, 9.17) is 15.2 Å². The van der Waals surface area contributed by atoms with Crippen molar-refractivity contribution in [2.24, 2.45) is 10.8 Å². The van der Waals surface area contributed by atoms with E-state index < -0.39 is 52.0 Å². The number of benzene rings is 1. The van der Waals surface area contributed by atoms with Crippen LogP contribution in [-0.4, -0.2) is 47.3 Å². The molecule has 1 atom stereocenters. The van der Waals surface area contributed by atoms with Crippen LogP contribution < -0.4 is 25.8 Å². The van der Waals surface area contributed by atoms with Gasteiger partial charge in [0.05, 0.1) is 35.4 Å². The third-order valence-corrected chi connectivity index (χ3v) is 8.32. The van der Waals surface area contributed by atoms with E-state index in [1.54, 1.807) is 6.92 Å². The van der Waals surface area contributed by atoms with Gasteiger partial charge in [0.1, 0.15) is 28.2 Å². The molecule has 0 amide bonds. The van der Waals surface area contributed by atoms with Crippen LogP contribution in [0.3, 0.4) is 0 Å². The van der Waals surface area contributed by atoms with Gasteiger partial charge in [-0.1, -0.05) is 0 Å². The molecular weight excluding hydrogens is 561 g/mol. The Labute approximate surface area is 237 Å². The lowest BCUT2D eigenvalue weighted by atomic mass is 9.36. The van der Waals surface area contributed by atoms with Crippen molar-refractivity contribution in [3.8, 4) is 29.2 Å². The molecule has 7 rings (SSSR count). The third-order valence-electron chi connectivity index (χ3n) is 8.32. The van der Waals surface area contributed by atoms with Crippen LogP contribution >= 0.6 is 0 Å². The van der Waals surface area contributed by atoms with Crippen LogP contribution in [0.5, 0.6) is 11.9 Å². The number of nitriles is 1. The van der Waals surface area contributed by atoms with Crippen LogP contribution in [0.1, 0.15) is 43.7 Å². The first kappa shape index (κ1) is 28.1. The van der Waals surface area contributed by atoms with Gasteiger partial charge < -0.3 is 25.8 Å². The number of aromatic nitrogens is 3. The molecule has 3 heterocycles. The first-order valence-electron chi connectivity index (χ1n) is 13.6. The quantitative estimate of drug-likeness (QED) is 0.280. The number of nitrogens with zero attached hydrogens (tertiary/aromatic N) is 4. The summed E-state index contributed by atoms with van der Waals surface area (Å²) in [6.07, 6.45) is -2.94. The molecule has 14 heteroatoms. The molecule has 4 aliphatic rings. The topological polar surface area (TPSA) is 131 Å². The summed E-state index contributed by atoms with van der Waals surface area (Å²) in [6.45, 7) is 4.38. The zero-order chi connectivity index (χ0) is 30.0. The number of anilines is 2. The minimum absolute atomic E-state index is 0.0339. The highest BCUT2D eigenvalue weighted by atomic mass is 19.4. The number of pyridine rings is 1. The van der Waals surface area contributed by atoms with Gasteiger partial charge in [0, 0.05) is 24.1 Å². The second kappa shape index (κ2) is 9.79. The molecule has 0 saturated heterocycles. The summed E-state index contributed by atoms with van der Waals surface area (Å²) in [6, 6.07) is 2.86. The van der Waals surface area contributed by atoms with Gasteiger partial charge in [0.15, 0.2) is 5.82 Å². The van der Waals surface area contributed by atoms with Gasteiger partial charge in [-0.05, 0) is 57.7 Å². The fourth-order valence-corrected chi connectivity index (χ4v) is 6.38. The van der Waals surface area contributed by atoms with E-state index >= 15 is 4.39 Å². The maximum absolute atomic E-state index is 16.4. The normalized spacial score (nSPS) is 25.2. The number of halogens is 5. The number of hydrogen-bond acceptors (Lipinski definition) is 9. The summed E-state index contributed by atoms with van der Waals surface area (Å²) in [5.41, 5.74) is 0.581. The average molecular weight is 590 g/mol. The number of alkyl halides is 3. The molecule has 3 fully saturated rings. The molecule has 3 aliphatic carbocycles. The van der Waals surface area contributed by atoms with Crippen molar-refractivity contribution in [3.05, 3.63) is 28.8 Å². The van der Waals surface area contributed by atoms with Crippen LogP contribution in [0.4, 0.5) is 33.5 Å². The van der Waals surface area contributed by atoms with E-state index in [0.29, 0.717) is 45.3 Å². The Morgan fingerprint density at radius 1 is 1.14 bits per heavy atom. The van der Waals surface area contributed by atoms with Crippen molar-refractivity contribution in [1.82, 2.24) is 20.3 Å². The minimum atomic E-state index is -5.05. The van der Waals surface area contributed by atoms with Crippen LogP contribution in [0.25, 0.3) is 22.2 Å². The van der Waals surface area contributed by atoms with E-state index in [9.17, 15) is 22.8 Å². The minimum Gasteiger partial charge on any atom is -0.474 e. The van der Waals surface area contributed by atoms with Crippen molar-refractivity contribution in [2.75, 3.05) is 37.3 Å². The number of nitrogens with two attached hydrogens (primary N) is 1. The number of rotatable bonds is 4. The maximum atomic E-state index is 16.4. The van der Waals surface area contributed by atoms with Crippen LogP contribution in [0.2, 0.25) is 0 Å². The summed E-state index contributed by atoms with van der Waals surface area (Å²) in [4.78, 5) is 12.9. The molecule has 1 unspecified atom stereocenters. The van der Waals surface area contributed by atoms with Gasteiger partial charge in [-0.25, -0.2) is 13.8 Å². The largest absolute Gasteiger partial charge is 0.474 e. The molecular formula is C28H28F5N7O2. The number of nitrogen functional groups attached to an aromatic ring is 1. The van der Waals surface area contributed by atoms with E-state index in [-0.39, 0.29) is 46.0 Å². The lowest BCUT2D eigenvalue weighted by Gasteiger charge is -2.66. The van der Waals surface area contributed by atoms with Crippen LogP contribution in [0, 0.1) is 40.7 Å².